The number of ketones is 1. The number of primary amides is 1. The number of ether oxygens (including phenoxy) is 2. The summed E-state index contributed by atoms with van der Waals surface area (Å²) in [4.78, 5) is 32.0. The Hall–Kier alpha value is -4.39. The second-order valence-electron chi connectivity index (χ2n) is 7.45. The van der Waals surface area contributed by atoms with Gasteiger partial charge in [0.25, 0.3) is 0 Å². The predicted molar refractivity (Wildman–Crippen MR) is 119 cm³/mol. The predicted octanol–water partition coefficient (Wildman–Crippen LogP) is 4.52. The number of carbonyl (C=O) groups is 2. The molecule has 1 aliphatic carbocycles. The Morgan fingerprint density at radius 2 is 1.84 bits per heavy atom. The number of benzene rings is 2. The maximum Gasteiger partial charge on any atom is 0.248 e. The molecular weight excluding hydrogens is 406 g/mol. The highest BCUT2D eigenvalue weighted by Crippen LogP contribution is 2.28. The van der Waals surface area contributed by atoms with Crippen LogP contribution in [0.5, 0.6) is 0 Å². The van der Waals surface area contributed by atoms with Crippen molar-refractivity contribution in [1.82, 2.24) is 9.97 Å². The fourth-order valence-electron chi connectivity index (χ4n) is 3.59. The highest BCUT2D eigenvalue weighted by atomic mass is 16.5. The summed E-state index contributed by atoms with van der Waals surface area (Å²) in [6.45, 7) is 0. The first-order valence-electron chi connectivity index (χ1n) is 10.1. The Bertz CT molecular complexity index is 1360. The molecule has 0 atom stereocenters. The van der Waals surface area contributed by atoms with Gasteiger partial charge in [0, 0.05) is 16.7 Å². The summed E-state index contributed by atoms with van der Waals surface area (Å²) in [5.74, 6) is 0.532. The zero-order valence-electron chi connectivity index (χ0n) is 17.0. The van der Waals surface area contributed by atoms with E-state index in [0.717, 1.165) is 29.5 Å². The van der Waals surface area contributed by atoms with E-state index in [1.165, 1.54) is 12.5 Å². The van der Waals surface area contributed by atoms with Gasteiger partial charge in [-0.2, -0.15) is 0 Å². The monoisotopic (exact) mass is 425 g/mol. The van der Waals surface area contributed by atoms with Crippen LogP contribution in [-0.2, 0) is 9.47 Å². The molecule has 7 nitrogen and oxygen atoms in total. The van der Waals surface area contributed by atoms with E-state index in [4.69, 9.17) is 15.2 Å². The average Bonchev–Trinajstić information content (AvgIpc) is 3.28. The third-order valence-electron chi connectivity index (χ3n) is 5.31. The number of nitrogens with two attached hydrogens (primary N) is 1. The highest BCUT2D eigenvalue weighted by Gasteiger charge is 2.22. The van der Waals surface area contributed by atoms with Gasteiger partial charge in [-0.05, 0) is 36.6 Å². The van der Waals surface area contributed by atoms with Crippen molar-refractivity contribution in [3.63, 3.8) is 0 Å². The SMILES string of the molecule is NC(=O)c1ccc2[nH]c(-c3ccc(C(=O)C4=COC=C(C5=CC=CCC5)O4)cc3)nc2c1. The molecule has 0 spiro atoms. The fourth-order valence-corrected chi connectivity index (χ4v) is 3.59. The van der Waals surface area contributed by atoms with Crippen LogP contribution in [0.3, 0.4) is 0 Å². The molecule has 2 aromatic carbocycles. The van der Waals surface area contributed by atoms with Crippen LogP contribution in [0.15, 0.2) is 90.3 Å². The Morgan fingerprint density at radius 1 is 1.03 bits per heavy atom. The van der Waals surface area contributed by atoms with Crippen LogP contribution in [-0.4, -0.2) is 21.7 Å². The Kier molecular flexibility index (Phi) is 4.91. The molecule has 1 aliphatic heterocycles. The number of nitrogens with one attached hydrogen (secondary N) is 1. The summed E-state index contributed by atoms with van der Waals surface area (Å²) in [6, 6.07) is 12.1. The van der Waals surface area contributed by atoms with E-state index in [1.807, 2.05) is 12.2 Å². The van der Waals surface area contributed by atoms with Gasteiger partial charge in [-0.15, -0.1) is 0 Å². The highest BCUT2D eigenvalue weighted by molar-refractivity contribution is 6.07. The lowest BCUT2D eigenvalue weighted by Crippen LogP contribution is -2.12. The van der Waals surface area contributed by atoms with Crippen LogP contribution in [0.4, 0.5) is 0 Å². The summed E-state index contributed by atoms with van der Waals surface area (Å²) < 4.78 is 11.2. The number of Topliss-reactive ketones (excluding diaryl/α,β-unsaturated/α-hetero) is 1. The van der Waals surface area contributed by atoms with Crippen molar-refractivity contribution >= 4 is 22.7 Å². The van der Waals surface area contributed by atoms with Crippen molar-refractivity contribution in [2.45, 2.75) is 12.8 Å². The molecule has 0 bridgehead atoms. The first-order valence-corrected chi connectivity index (χ1v) is 10.1. The first kappa shape index (κ1) is 19.6. The number of aromatic nitrogens is 2. The molecule has 0 radical (unpaired) electrons. The average molecular weight is 425 g/mol. The lowest BCUT2D eigenvalue weighted by atomic mass is 10.0. The van der Waals surface area contributed by atoms with E-state index >= 15 is 0 Å². The smallest absolute Gasteiger partial charge is 0.248 e. The standard InChI is InChI=1S/C25H19N3O4/c26-24(30)18-10-11-19-20(12-18)28-25(27-19)17-8-6-16(7-9-17)23(29)22-14-31-13-21(32-22)15-4-2-1-3-5-15/h1-2,4,6-14H,3,5H2,(H2,26,30)(H,27,28). The van der Waals surface area contributed by atoms with Gasteiger partial charge in [0.05, 0.1) is 11.0 Å². The third-order valence-corrected chi connectivity index (χ3v) is 5.31. The molecule has 0 saturated heterocycles. The Balaban J connectivity index is 1.34. The molecular formula is C25H19N3O4. The zero-order chi connectivity index (χ0) is 22.1. The fraction of sp³-hybridized carbons (Fsp3) is 0.0800. The van der Waals surface area contributed by atoms with Gasteiger partial charge in [0.1, 0.15) is 18.3 Å². The molecule has 0 fully saturated rings. The summed E-state index contributed by atoms with van der Waals surface area (Å²) in [7, 11) is 0. The van der Waals surface area contributed by atoms with Crippen LogP contribution in [0, 0.1) is 0 Å². The van der Waals surface area contributed by atoms with Crippen molar-refractivity contribution in [3.05, 3.63) is 101 Å². The van der Waals surface area contributed by atoms with E-state index in [9.17, 15) is 9.59 Å². The number of allylic oxidation sites excluding steroid dienone is 5. The first-order chi connectivity index (χ1) is 15.6. The van der Waals surface area contributed by atoms with Crippen LogP contribution in [0.2, 0.25) is 0 Å². The van der Waals surface area contributed by atoms with Crippen molar-refractivity contribution in [3.8, 4) is 11.4 Å². The van der Waals surface area contributed by atoms with Crippen LogP contribution >= 0.6 is 0 Å². The Labute approximate surface area is 183 Å². The van der Waals surface area contributed by atoms with Gasteiger partial charge in [0.2, 0.25) is 17.4 Å². The molecule has 3 N–H and O–H groups in total. The minimum atomic E-state index is -0.503. The maximum absolute atomic E-state index is 12.9. The molecule has 1 amide bonds. The molecule has 1 aromatic heterocycles. The van der Waals surface area contributed by atoms with Crippen molar-refractivity contribution < 1.29 is 19.1 Å². The summed E-state index contributed by atoms with van der Waals surface area (Å²) >= 11 is 0. The second kappa shape index (κ2) is 8.03. The van der Waals surface area contributed by atoms with Crippen molar-refractivity contribution in [1.29, 1.82) is 0 Å². The largest absolute Gasteiger partial charge is 0.465 e. The number of amides is 1. The summed E-state index contributed by atoms with van der Waals surface area (Å²) in [5.41, 5.74) is 9.42. The van der Waals surface area contributed by atoms with Gasteiger partial charge < -0.3 is 20.2 Å². The van der Waals surface area contributed by atoms with Gasteiger partial charge in [-0.25, -0.2) is 4.98 Å². The van der Waals surface area contributed by atoms with E-state index < -0.39 is 5.91 Å². The van der Waals surface area contributed by atoms with E-state index in [2.05, 4.69) is 16.0 Å². The van der Waals surface area contributed by atoms with E-state index in [0.29, 0.717) is 28.2 Å². The molecule has 2 heterocycles. The maximum atomic E-state index is 12.9. The van der Waals surface area contributed by atoms with Crippen LogP contribution in [0.1, 0.15) is 33.6 Å². The van der Waals surface area contributed by atoms with Gasteiger partial charge in [-0.3, -0.25) is 9.59 Å². The molecule has 5 rings (SSSR count). The number of fused-ring (bicyclic) bond motifs is 1. The lowest BCUT2D eigenvalue weighted by Gasteiger charge is -2.18. The number of H-pyrrole nitrogens is 1. The second-order valence-corrected chi connectivity index (χ2v) is 7.45. The topological polar surface area (TPSA) is 107 Å². The normalized spacial score (nSPS) is 15.3. The van der Waals surface area contributed by atoms with E-state index in [-0.39, 0.29) is 11.5 Å². The number of rotatable bonds is 5. The molecule has 7 heteroatoms. The minimum Gasteiger partial charge on any atom is -0.465 e. The minimum absolute atomic E-state index is 0.133. The van der Waals surface area contributed by atoms with Crippen molar-refractivity contribution in [2.75, 3.05) is 0 Å². The summed E-state index contributed by atoms with van der Waals surface area (Å²) in [6.07, 6.45) is 10.6. The van der Waals surface area contributed by atoms with E-state index in [1.54, 1.807) is 42.5 Å². The van der Waals surface area contributed by atoms with Gasteiger partial charge in [-0.1, -0.05) is 42.5 Å². The number of hydrogen-bond donors (Lipinski definition) is 2. The molecule has 32 heavy (non-hydrogen) atoms. The van der Waals surface area contributed by atoms with Gasteiger partial charge >= 0.3 is 0 Å². The molecule has 3 aromatic rings. The number of carbonyl (C=O) groups excluding carboxylic acids is 2. The van der Waals surface area contributed by atoms with Crippen molar-refractivity contribution in [2.24, 2.45) is 5.73 Å². The quantitative estimate of drug-likeness (QED) is 0.585. The van der Waals surface area contributed by atoms with Crippen LogP contribution in [0.25, 0.3) is 22.4 Å². The number of hydrogen-bond acceptors (Lipinski definition) is 5. The number of nitrogens with zero attached hydrogens (tertiary/aromatic N) is 1. The lowest BCUT2D eigenvalue weighted by molar-refractivity contribution is 0.0933. The number of imidazole rings is 1. The zero-order valence-corrected chi connectivity index (χ0v) is 17.0. The summed E-state index contributed by atoms with van der Waals surface area (Å²) in [5, 5.41) is 0. The molecule has 158 valence electrons. The molecule has 0 unspecified atom stereocenters. The van der Waals surface area contributed by atoms with Crippen LogP contribution < -0.4 is 5.73 Å². The molecule has 0 saturated carbocycles. The molecule has 2 aliphatic rings. The number of aromatic amines is 1. The Morgan fingerprint density at radius 3 is 2.59 bits per heavy atom. The third kappa shape index (κ3) is 3.72. The van der Waals surface area contributed by atoms with Gasteiger partial charge in [0.15, 0.2) is 5.76 Å².